The average Bonchev–Trinajstić information content (AvgIpc) is 2.70. The molecule has 3 aromatic rings. The first-order chi connectivity index (χ1) is 13.8. The topological polar surface area (TPSA) is 87.6 Å². The lowest BCUT2D eigenvalue weighted by atomic mass is 10.2. The minimum atomic E-state index is -3.88. The molecule has 0 bridgehead atoms. The fourth-order valence-corrected chi connectivity index (χ4v) is 3.67. The van der Waals surface area contributed by atoms with Crippen LogP contribution in [0.1, 0.15) is 21.5 Å². The van der Waals surface area contributed by atoms with E-state index in [2.05, 4.69) is 15.2 Å². The summed E-state index contributed by atoms with van der Waals surface area (Å²) in [6, 6.07) is 19.6. The van der Waals surface area contributed by atoms with Gasteiger partial charge in [0.25, 0.3) is 15.9 Å². The summed E-state index contributed by atoms with van der Waals surface area (Å²) in [5, 5.41) is 4.36. The number of hydrogen-bond donors (Lipinski definition) is 2. The highest BCUT2D eigenvalue weighted by molar-refractivity contribution is 7.92. The van der Waals surface area contributed by atoms with Crippen LogP contribution in [0.2, 0.25) is 5.02 Å². The van der Waals surface area contributed by atoms with E-state index < -0.39 is 15.9 Å². The van der Waals surface area contributed by atoms with Crippen LogP contribution in [-0.4, -0.2) is 20.5 Å². The minimum absolute atomic E-state index is 0.0366. The van der Waals surface area contributed by atoms with Gasteiger partial charge in [-0.3, -0.25) is 9.52 Å². The molecule has 0 aliphatic heterocycles. The van der Waals surface area contributed by atoms with Gasteiger partial charge >= 0.3 is 0 Å². The number of hydrogen-bond acceptors (Lipinski definition) is 4. The molecule has 29 heavy (non-hydrogen) atoms. The molecule has 0 heterocycles. The molecule has 3 aromatic carbocycles. The first-order valence-corrected chi connectivity index (χ1v) is 10.5. The Balaban J connectivity index is 1.76. The van der Waals surface area contributed by atoms with E-state index in [0.717, 1.165) is 11.1 Å². The number of nitrogens with one attached hydrogen (secondary N) is 2. The molecule has 0 fully saturated rings. The van der Waals surface area contributed by atoms with E-state index in [4.69, 9.17) is 11.6 Å². The number of halogens is 1. The molecule has 0 aromatic heterocycles. The van der Waals surface area contributed by atoms with Crippen LogP contribution in [-0.2, 0) is 10.0 Å². The zero-order valence-electron chi connectivity index (χ0n) is 15.5. The van der Waals surface area contributed by atoms with Crippen molar-refractivity contribution < 1.29 is 13.2 Å². The highest BCUT2D eigenvalue weighted by Crippen LogP contribution is 2.21. The third-order valence-electron chi connectivity index (χ3n) is 4.00. The number of benzene rings is 3. The minimum Gasteiger partial charge on any atom is -0.279 e. The second kappa shape index (κ2) is 8.89. The Kier molecular flexibility index (Phi) is 6.31. The maximum Gasteiger partial charge on any atom is 0.273 e. The molecule has 0 spiro atoms. The highest BCUT2D eigenvalue weighted by atomic mass is 35.5. The Morgan fingerprint density at radius 1 is 0.966 bits per heavy atom. The summed E-state index contributed by atoms with van der Waals surface area (Å²) in [7, 11) is -3.88. The van der Waals surface area contributed by atoms with Crippen LogP contribution in [0.25, 0.3) is 0 Å². The van der Waals surface area contributed by atoms with E-state index in [1.807, 2.05) is 31.2 Å². The van der Waals surface area contributed by atoms with E-state index >= 15 is 0 Å². The summed E-state index contributed by atoms with van der Waals surface area (Å²) in [6.45, 7) is 1.98. The number of sulfonamides is 1. The Bertz CT molecular complexity index is 1140. The van der Waals surface area contributed by atoms with Gasteiger partial charge in [0.1, 0.15) is 0 Å². The van der Waals surface area contributed by atoms with Gasteiger partial charge in [0.2, 0.25) is 0 Å². The number of rotatable bonds is 6. The van der Waals surface area contributed by atoms with Crippen LogP contribution in [0.4, 0.5) is 5.69 Å². The van der Waals surface area contributed by atoms with Gasteiger partial charge in [0.05, 0.1) is 22.4 Å². The number of carbonyl (C=O) groups is 1. The van der Waals surface area contributed by atoms with Crippen molar-refractivity contribution in [3.63, 3.8) is 0 Å². The number of aryl methyl sites for hydroxylation is 1. The molecule has 0 saturated heterocycles. The molecular weight excluding hydrogens is 410 g/mol. The van der Waals surface area contributed by atoms with Crippen molar-refractivity contribution in [3.05, 3.63) is 94.5 Å². The maximum absolute atomic E-state index is 12.6. The van der Waals surface area contributed by atoms with Crippen molar-refractivity contribution in [2.45, 2.75) is 11.8 Å². The van der Waals surface area contributed by atoms with Crippen LogP contribution in [0.15, 0.2) is 82.8 Å². The first kappa shape index (κ1) is 20.6. The van der Waals surface area contributed by atoms with Crippen LogP contribution < -0.4 is 10.1 Å². The summed E-state index contributed by atoms with van der Waals surface area (Å²) >= 11 is 5.81. The molecule has 1 amide bonds. The van der Waals surface area contributed by atoms with E-state index in [1.165, 1.54) is 42.6 Å². The summed E-state index contributed by atoms with van der Waals surface area (Å²) in [6.07, 6.45) is 1.51. The second-order valence-electron chi connectivity index (χ2n) is 6.21. The van der Waals surface area contributed by atoms with Crippen LogP contribution >= 0.6 is 11.6 Å². The number of amides is 1. The molecule has 0 atom stereocenters. The summed E-state index contributed by atoms with van der Waals surface area (Å²) in [4.78, 5) is 12.5. The normalized spacial score (nSPS) is 11.4. The van der Waals surface area contributed by atoms with Crippen LogP contribution in [0.5, 0.6) is 0 Å². The van der Waals surface area contributed by atoms with E-state index in [0.29, 0.717) is 5.02 Å². The molecule has 2 N–H and O–H groups in total. The third-order valence-corrected chi connectivity index (χ3v) is 5.63. The van der Waals surface area contributed by atoms with Crippen molar-refractivity contribution in [2.75, 3.05) is 4.72 Å². The van der Waals surface area contributed by atoms with Gasteiger partial charge in [-0.1, -0.05) is 53.6 Å². The van der Waals surface area contributed by atoms with E-state index in [-0.39, 0.29) is 16.1 Å². The lowest BCUT2D eigenvalue weighted by Gasteiger charge is -2.11. The lowest BCUT2D eigenvalue weighted by Crippen LogP contribution is -2.21. The van der Waals surface area contributed by atoms with Gasteiger partial charge in [0, 0.05) is 5.02 Å². The van der Waals surface area contributed by atoms with Crippen LogP contribution in [0.3, 0.4) is 0 Å². The van der Waals surface area contributed by atoms with Crippen molar-refractivity contribution in [2.24, 2.45) is 5.10 Å². The van der Waals surface area contributed by atoms with Crippen molar-refractivity contribution >= 4 is 39.4 Å². The number of carbonyl (C=O) groups excluding carboxylic acids is 1. The highest BCUT2D eigenvalue weighted by Gasteiger charge is 2.18. The van der Waals surface area contributed by atoms with Crippen LogP contribution in [0, 0.1) is 6.92 Å². The number of para-hydroxylation sites is 1. The van der Waals surface area contributed by atoms with Crippen molar-refractivity contribution in [1.29, 1.82) is 0 Å². The summed E-state index contributed by atoms with van der Waals surface area (Å²) in [5.74, 6) is -0.539. The van der Waals surface area contributed by atoms with Gasteiger partial charge in [-0.2, -0.15) is 5.10 Å². The fraction of sp³-hybridized carbons (Fsp3) is 0.0476. The second-order valence-corrected chi connectivity index (χ2v) is 8.33. The first-order valence-electron chi connectivity index (χ1n) is 8.63. The molecule has 0 unspecified atom stereocenters. The SMILES string of the molecule is Cc1ccc(/C=N\NC(=O)c2ccccc2NS(=O)(=O)c2ccc(Cl)cc2)cc1. The van der Waals surface area contributed by atoms with Gasteiger partial charge < -0.3 is 0 Å². The van der Waals surface area contributed by atoms with E-state index in [1.54, 1.807) is 12.1 Å². The predicted molar refractivity (Wildman–Crippen MR) is 115 cm³/mol. The smallest absolute Gasteiger partial charge is 0.273 e. The Morgan fingerprint density at radius 2 is 1.62 bits per heavy atom. The molecule has 0 aliphatic rings. The zero-order valence-corrected chi connectivity index (χ0v) is 17.0. The zero-order chi connectivity index (χ0) is 20.9. The van der Waals surface area contributed by atoms with Gasteiger partial charge in [-0.25, -0.2) is 13.8 Å². The Labute approximate surface area is 174 Å². The third kappa shape index (κ3) is 5.43. The number of hydrazone groups is 1. The molecule has 148 valence electrons. The Morgan fingerprint density at radius 3 is 2.31 bits per heavy atom. The summed E-state index contributed by atoms with van der Waals surface area (Å²) < 4.78 is 27.6. The lowest BCUT2D eigenvalue weighted by molar-refractivity contribution is 0.0956. The quantitative estimate of drug-likeness (QED) is 0.456. The standard InChI is InChI=1S/C21H18ClN3O3S/c1-15-6-8-16(9-7-15)14-23-24-21(26)19-4-2-3-5-20(19)25-29(27,28)18-12-10-17(22)11-13-18/h2-14,25H,1H3,(H,24,26)/b23-14-. The Hall–Kier alpha value is -3.16. The number of anilines is 1. The van der Waals surface area contributed by atoms with Gasteiger partial charge in [-0.15, -0.1) is 0 Å². The molecular formula is C21H18ClN3O3S. The monoisotopic (exact) mass is 427 g/mol. The van der Waals surface area contributed by atoms with Gasteiger partial charge in [0.15, 0.2) is 0 Å². The van der Waals surface area contributed by atoms with Gasteiger partial charge in [-0.05, 0) is 48.9 Å². The fourth-order valence-electron chi connectivity index (χ4n) is 2.47. The molecule has 0 radical (unpaired) electrons. The largest absolute Gasteiger partial charge is 0.279 e. The summed E-state index contributed by atoms with van der Waals surface area (Å²) in [5.41, 5.74) is 4.65. The maximum atomic E-state index is 12.6. The van der Waals surface area contributed by atoms with Crippen molar-refractivity contribution in [1.82, 2.24) is 5.43 Å². The average molecular weight is 428 g/mol. The molecule has 0 aliphatic carbocycles. The molecule has 8 heteroatoms. The number of nitrogens with zero attached hydrogens (tertiary/aromatic N) is 1. The van der Waals surface area contributed by atoms with Crippen molar-refractivity contribution in [3.8, 4) is 0 Å². The predicted octanol–water partition coefficient (Wildman–Crippen LogP) is 4.21. The molecule has 6 nitrogen and oxygen atoms in total. The molecule has 3 rings (SSSR count). The molecule has 0 saturated carbocycles. The van der Waals surface area contributed by atoms with E-state index in [9.17, 15) is 13.2 Å².